The number of hydrogen-bond donors (Lipinski definition) is 3. The highest BCUT2D eigenvalue weighted by atomic mass is 35.5. The third-order valence-corrected chi connectivity index (χ3v) is 2.88. The first kappa shape index (κ1) is 16.1. The van der Waals surface area contributed by atoms with Crippen molar-refractivity contribution in [1.29, 1.82) is 5.41 Å². The largest absolute Gasteiger partial charge is 0.398 e. The fourth-order valence-corrected chi connectivity index (χ4v) is 1.96. The summed E-state index contributed by atoms with van der Waals surface area (Å²) in [6.07, 6.45) is 4.83. The van der Waals surface area contributed by atoms with Crippen molar-refractivity contribution in [2.75, 3.05) is 12.8 Å². The molecule has 0 aliphatic rings. The molecule has 0 aliphatic heterocycles. The second kappa shape index (κ2) is 8.30. The third-order valence-electron chi connectivity index (χ3n) is 2.66. The van der Waals surface area contributed by atoms with E-state index in [-0.39, 0.29) is 0 Å². The summed E-state index contributed by atoms with van der Waals surface area (Å²) in [4.78, 5) is 3.90. The molecule has 2 aromatic rings. The van der Waals surface area contributed by atoms with Gasteiger partial charge < -0.3 is 16.5 Å². The summed E-state index contributed by atoms with van der Waals surface area (Å²) in [7, 11) is 1.93. The van der Waals surface area contributed by atoms with Crippen molar-refractivity contribution < 1.29 is 0 Å². The molecule has 0 aliphatic carbocycles. The van der Waals surface area contributed by atoms with Crippen LogP contribution in [0.5, 0.6) is 0 Å². The maximum atomic E-state index is 7.05. The SMILES string of the molecule is CNCc1ccncc1.Cc1cc(Cl)cc(N)c1C=N. The number of nitrogens with zero attached hydrogens (tertiary/aromatic N) is 1. The molecule has 0 spiro atoms. The minimum absolute atomic E-state index is 0.560. The minimum atomic E-state index is 0.560. The molecule has 0 unspecified atom stereocenters. The lowest BCUT2D eigenvalue weighted by molar-refractivity contribution is 0.816. The molecule has 0 saturated carbocycles. The molecule has 4 N–H and O–H groups in total. The van der Waals surface area contributed by atoms with E-state index >= 15 is 0 Å². The van der Waals surface area contributed by atoms with E-state index in [2.05, 4.69) is 10.3 Å². The molecule has 0 atom stereocenters. The zero-order chi connectivity index (χ0) is 15.0. The van der Waals surface area contributed by atoms with E-state index in [9.17, 15) is 0 Å². The highest BCUT2D eigenvalue weighted by molar-refractivity contribution is 6.31. The summed E-state index contributed by atoms with van der Waals surface area (Å²) in [5.74, 6) is 0. The Kier molecular flexibility index (Phi) is 6.70. The lowest BCUT2D eigenvalue weighted by Gasteiger charge is -2.03. The van der Waals surface area contributed by atoms with Crippen LogP contribution in [-0.4, -0.2) is 18.2 Å². The van der Waals surface area contributed by atoms with Crippen LogP contribution in [0.15, 0.2) is 36.7 Å². The Morgan fingerprint density at radius 1 is 1.35 bits per heavy atom. The lowest BCUT2D eigenvalue weighted by Crippen LogP contribution is -2.04. The first-order valence-electron chi connectivity index (χ1n) is 6.18. The van der Waals surface area contributed by atoms with Crippen molar-refractivity contribution in [2.24, 2.45) is 0 Å². The Bertz CT molecular complexity index is 532. The first-order valence-corrected chi connectivity index (χ1v) is 6.56. The van der Waals surface area contributed by atoms with Gasteiger partial charge in [0.2, 0.25) is 0 Å². The molecule has 0 saturated heterocycles. The van der Waals surface area contributed by atoms with Gasteiger partial charge in [0.15, 0.2) is 0 Å². The highest BCUT2D eigenvalue weighted by Gasteiger charge is 2.00. The number of nitrogens with one attached hydrogen (secondary N) is 2. The van der Waals surface area contributed by atoms with Gasteiger partial charge in [-0.25, -0.2) is 0 Å². The zero-order valence-corrected chi connectivity index (χ0v) is 12.4. The van der Waals surface area contributed by atoms with Gasteiger partial charge in [0.25, 0.3) is 0 Å². The first-order chi connectivity index (χ1) is 9.58. The van der Waals surface area contributed by atoms with Gasteiger partial charge in [0.05, 0.1) is 0 Å². The average Bonchev–Trinajstić information content (AvgIpc) is 2.40. The molecule has 0 bridgehead atoms. The minimum Gasteiger partial charge on any atom is -0.398 e. The van der Waals surface area contributed by atoms with Crippen LogP contribution in [0.2, 0.25) is 5.02 Å². The Balaban J connectivity index is 0.000000204. The highest BCUT2D eigenvalue weighted by Crippen LogP contribution is 2.20. The Morgan fingerprint density at radius 2 is 2.00 bits per heavy atom. The van der Waals surface area contributed by atoms with Crippen LogP contribution in [-0.2, 0) is 6.54 Å². The summed E-state index contributed by atoms with van der Waals surface area (Å²) >= 11 is 5.72. The lowest BCUT2D eigenvalue weighted by atomic mass is 10.1. The van der Waals surface area contributed by atoms with Gasteiger partial charge >= 0.3 is 0 Å². The van der Waals surface area contributed by atoms with E-state index in [1.807, 2.05) is 26.1 Å². The number of pyridine rings is 1. The van der Waals surface area contributed by atoms with Gasteiger partial charge in [-0.15, -0.1) is 0 Å². The standard InChI is InChI=1S/C8H9ClN2.C7H10N2/c1-5-2-6(9)3-8(11)7(5)4-10;1-8-6-7-2-4-9-5-3-7/h2-4,10H,11H2,1H3;2-5,8H,6H2,1H3. The van der Waals surface area contributed by atoms with Gasteiger partial charge in [0, 0.05) is 41.4 Å². The van der Waals surface area contributed by atoms with Crippen LogP contribution in [0.3, 0.4) is 0 Å². The van der Waals surface area contributed by atoms with Crippen LogP contribution >= 0.6 is 11.6 Å². The maximum Gasteiger partial charge on any atom is 0.0429 e. The van der Waals surface area contributed by atoms with E-state index in [1.54, 1.807) is 24.5 Å². The molecule has 2 rings (SSSR count). The maximum absolute atomic E-state index is 7.05. The molecule has 0 amide bonds. The molecule has 106 valence electrons. The number of anilines is 1. The van der Waals surface area contributed by atoms with Crippen molar-refractivity contribution in [1.82, 2.24) is 10.3 Å². The van der Waals surface area contributed by atoms with Crippen molar-refractivity contribution in [3.63, 3.8) is 0 Å². The van der Waals surface area contributed by atoms with Crippen molar-refractivity contribution in [3.05, 3.63) is 58.4 Å². The van der Waals surface area contributed by atoms with Crippen LogP contribution in [0.4, 0.5) is 5.69 Å². The number of halogens is 1. The monoisotopic (exact) mass is 290 g/mol. The summed E-state index contributed by atoms with van der Waals surface area (Å²) in [5, 5.41) is 10.7. The van der Waals surface area contributed by atoms with Gasteiger partial charge in [-0.2, -0.15) is 0 Å². The Hall–Kier alpha value is -1.91. The second-order valence-corrected chi connectivity index (χ2v) is 4.69. The number of hydrogen-bond acceptors (Lipinski definition) is 4. The van der Waals surface area contributed by atoms with Crippen LogP contribution < -0.4 is 11.1 Å². The fraction of sp³-hybridized carbons (Fsp3) is 0.200. The summed E-state index contributed by atoms with van der Waals surface area (Å²) < 4.78 is 0. The second-order valence-electron chi connectivity index (χ2n) is 4.26. The summed E-state index contributed by atoms with van der Waals surface area (Å²) in [6.45, 7) is 2.80. The van der Waals surface area contributed by atoms with Gasteiger partial charge in [-0.1, -0.05) is 11.6 Å². The molecular weight excluding hydrogens is 272 g/mol. The normalized spacial score (nSPS) is 9.55. The van der Waals surface area contributed by atoms with Crippen LogP contribution in [0.1, 0.15) is 16.7 Å². The quantitative estimate of drug-likeness (QED) is 0.601. The smallest absolute Gasteiger partial charge is 0.0429 e. The predicted molar refractivity (Wildman–Crippen MR) is 85.5 cm³/mol. The summed E-state index contributed by atoms with van der Waals surface area (Å²) in [6, 6.07) is 7.43. The molecule has 0 radical (unpaired) electrons. The molecule has 1 aromatic carbocycles. The fourth-order valence-electron chi connectivity index (χ4n) is 1.68. The van der Waals surface area contributed by atoms with E-state index < -0.39 is 0 Å². The van der Waals surface area contributed by atoms with Crippen molar-refractivity contribution >= 4 is 23.5 Å². The van der Waals surface area contributed by atoms with Crippen LogP contribution in [0, 0.1) is 12.3 Å². The van der Waals surface area contributed by atoms with E-state index in [0.29, 0.717) is 10.7 Å². The molecule has 1 aromatic heterocycles. The van der Waals surface area contributed by atoms with E-state index in [0.717, 1.165) is 17.7 Å². The van der Waals surface area contributed by atoms with Crippen molar-refractivity contribution in [3.8, 4) is 0 Å². The summed E-state index contributed by atoms with van der Waals surface area (Å²) in [5.41, 5.74) is 9.11. The number of nitrogens with two attached hydrogens (primary N) is 1. The molecule has 20 heavy (non-hydrogen) atoms. The van der Waals surface area contributed by atoms with E-state index in [4.69, 9.17) is 22.7 Å². The Morgan fingerprint density at radius 3 is 2.50 bits per heavy atom. The molecule has 4 nitrogen and oxygen atoms in total. The number of rotatable bonds is 3. The third kappa shape index (κ3) is 4.99. The number of aryl methyl sites for hydroxylation is 1. The number of nitrogen functional groups attached to an aromatic ring is 1. The van der Waals surface area contributed by atoms with Gasteiger partial charge in [-0.05, 0) is 49.4 Å². The van der Waals surface area contributed by atoms with Gasteiger partial charge in [-0.3, -0.25) is 4.98 Å². The molecule has 1 heterocycles. The molecule has 5 heteroatoms. The number of aromatic nitrogens is 1. The molecular formula is C15H19ClN4. The predicted octanol–water partition coefficient (Wildman–Crippen LogP) is 3.03. The molecule has 0 fully saturated rings. The van der Waals surface area contributed by atoms with Crippen LogP contribution in [0.25, 0.3) is 0 Å². The average molecular weight is 291 g/mol. The number of benzene rings is 1. The zero-order valence-electron chi connectivity index (χ0n) is 11.7. The Labute approximate surface area is 124 Å². The van der Waals surface area contributed by atoms with E-state index in [1.165, 1.54) is 11.8 Å². The van der Waals surface area contributed by atoms with Crippen molar-refractivity contribution in [2.45, 2.75) is 13.5 Å². The topological polar surface area (TPSA) is 74.8 Å². The van der Waals surface area contributed by atoms with Gasteiger partial charge in [0.1, 0.15) is 0 Å².